The highest BCUT2D eigenvalue weighted by Crippen LogP contribution is 2.31. The smallest absolute Gasteiger partial charge is 0.312 e. The number of carbonyl (C=O) groups excluding carboxylic acids is 9. The number of urea groups is 1. The Bertz CT molecular complexity index is 3420. The molecule has 0 radical (unpaired) electrons. The Labute approximate surface area is 578 Å². The number of anilines is 1. The zero-order valence-electron chi connectivity index (χ0n) is 59.9. The maximum Gasteiger partial charge on any atom is 0.312 e. The number of hydrogen-bond acceptors (Lipinski definition) is 16. The van der Waals surface area contributed by atoms with Gasteiger partial charge in [-0.15, -0.1) is 0 Å². The maximum atomic E-state index is 14.6. The van der Waals surface area contributed by atoms with E-state index in [-0.39, 0.29) is 85.2 Å². The van der Waals surface area contributed by atoms with Crippen molar-refractivity contribution >= 4 is 79.8 Å². The molecule has 1 aliphatic rings. The quantitative estimate of drug-likeness (QED) is 0.0221. The molecule has 0 bridgehead atoms. The van der Waals surface area contributed by atoms with Crippen molar-refractivity contribution in [1.29, 1.82) is 0 Å². The van der Waals surface area contributed by atoms with Gasteiger partial charge in [0.25, 0.3) is 0 Å². The highest BCUT2D eigenvalue weighted by atomic mass is 32.2. The molecule has 98 heavy (non-hydrogen) atoms. The first-order chi connectivity index (χ1) is 46.3. The molecule has 1 fully saturated rings. The molecule has 0 unspecified atom stereocenters. The molecular weight excluding hydrogens is 1280 g/mol. The van der Waals surface area contributed by atoms with Gasteiger partial charge in [-0.05, 0) is 106 Å². The number of benzene rings is 2. The summed E-state index contributed by atoms with van der Waals surface area (Å²) in [6, 6.07) is 11.4. The van der Waals surface area contributed by atoms with Crippen LogP contribution in [0.3, 0.4) is 0 Å². The van der Waals surface area contributed by atoms with E-state index >= 15 is 0 Å². The molecule has 5 rings (SSSR count). The average molecular weight is 1390 g/mol. The second-order valence-electron chi connectivity index (χ2n) is 27.1. The third-order valence-electron chi connectivity index (χ3n) is 18.3. The van der Waals surface area contributed by atoms with Gasteiger partial charge in [0.15, 0.2) is 14.9 Å². The second kappa shape index (κ2) is 38.3. The highest BCUT2D eigenvalue weighted by molar-refractivity contribution is 7.90. The van der Waals surface area contributed by atoms with Gasteiger partial charge in [0.2, 0.25) is 47.3 Å². The summed E-state index contributed by atoms with van der Waals surface area (Å²) >= 11 is 0. The number of aromatic nitrogens is 3. The molecule has 9 N–H and O–H groups in total. The van der Waals surface area contributed by atoms with Crippen molar-refractivity contribution in [2.75, 3.05) is 60.0 Å². The van der Waals surface area contributed by atoms with E-state index in [0.717, 1.165) is 11.8 Å². The fourth-order valence-corrected chi connectivity index (χ4v) is 13.7. The normalized spacial score (nSPS) is 16.4. The van der Waals surface area contributed by atoms with Crippen LogP contribution in [-0.2, 0) is 77.2 Å². The van der Waals surface area contributed by atoms with Crippen molar-refractivity contribution in [3.8, 4) is 0 Å². The number of methoxy groups -OCH3 is 2. The van der Waals surface area contributed by atoms with Gasteiger partial charge in [-0.3, -0.25) is 43.3 Å². The molecule has 10 amide bonds. The molecule has 27 nitrogen and oxygen atoms in total. The summed E-state index contributed by atoms with van der Waals surface area (Å²) in [7, 11) is 4.79. The number of likely N-dealkylation sites (N-methyl/N-ethyl adjacent to an activating group) is 2. The molecule has 1 aliphatic heterocycles. The number of nitrogens with two attached hydrogens (primary N) is 1. The van der Waals surface area contributed by atoms with Crippen LogP contribution >= 0.6 is 0 Å². The Morgan fingerprint density at radius 2 is 1.38 bits per heavy atom. The van der Waals surface area contributed by atoms with Gasteiger partial charge in [-0.25, -0.2) is 23.2 Å². The summed E-state index contributed by atoms with van der Waals surface area (Å²) in [4.78, 5) is 138. The summed E-state index contributed by atoms with van der Waals surface area (Å²) in [5, 5.41) is 20.3. The van der Waals surface area contributed by atoms with Crippen LogP contribution in [0.5, 0.6) is 0 Å². The van der Waals surface area contributed by atoms with Crippen LogP contribution in [-0.4, -0.2) is 200 Å². The number of likely N-dealkylation sites (tertiary alicyclic amines) is 1. The molecule has 11 atom stereocenters. The van der Waals surface area contributed by atoms with E-state index in [9.17, 15) is 51.6 Å². The zero-order chi connectivity index (χ0) is 72.7. The summed E-state index contributed by atoms with van der Waals surface area (Å²) in [6.07, 6.45) is 5.74. The van der Waals surface area contributed by atoms with Gasteiger partial charge in [0.05, 0.1) is 48.1 Å². The summed E-state index contributed by atoms with van der Waals surface area (Å²) in [5.41, 5.74) is 7.49. The zero-order valence-corrected chi connectivity index (χ0v) is 60.7. The lowest BCUT2D eigenvalue weighted by atomic mass is 9.89. The minimum Gasteiger partial charge on any atom is -0.379 e. The fourth-order valence-electron chi connectivity index (χ4n) is 12.9. The Morgan fingerprint density at radius 1 is 0.714 bits per heavy atom. The summed E-state index contributed by atoms with van der Waals surface area (Å²) in [5.74, 6) is -4.80. The monoisotopic (exact) mass is 1380 g/mol. The van der Waals surface area contributed by atoms with Gasteiger partial charge < -0.3 is 66.8 Å². The summed E-state index contributed by atoms with van der Waals surface area (Å²) < 4.78 is 38.5. The number of ether oxygens (including phenoxy) is 2. The van der Waals surface area contributed by atoms with Gasteiger partial charge in [0.1, 0.15) is 36.1 Å². The van der Waals surface area contributed by atoms with Crippen molar-refractivity contribution in [2.45, 2.75) is 199 Å². The molecule has 2 aromatic carbocycles. The number of carbonyl (C=O) groups is 9. The van der Waals surface area contributed by atoms with E-state index in [0.29, 0.717) is 73.9 Å². The molecule has 28 heteroatoms. The predicted octanol–water partition coefficient (Wildman–Crippen LogP) is 4.71. The standard InChI is InChI=1S/C70H108N14O13S/c1-16-45(8)60(82(12)69(92)58(43(4)5)80-67(91)59(44(6)7)81(10)11)54(96-13)39-56(86)84-36-22-27-53(84)61(97-14)46(9)63(87)78-52(38-47-24-18-17-19-25-47)64(88)73-40-48-29-31-49(32-30-48)76-65(89)51(26-20-21-34-72-70(71)93)77-66(90)57(42(2)3)79-55(85)28-23-35-83-37-33-50-62(83)74-41-75-68(50)98(15,94)95/h17-19,24-25,29-33,37,41-46,51-54,57-61H,16,20-23,26-28,34-36,38-40H2,1-15H3,(H,73,88)(H,76,89)(H,77,90)(H,78,87)(H,79,85)(H,80,91)(H3,71,72,93)/t45-,46+,51-,52-,53-,54+,57-,58-,59-,60-,61+/m0/s1. The molecule has 1 saturated heterocycles. The fraction of sp³-hybridized carbons (Fsp3) is 0.614. The number of unbranched alkanes of at least 4 members (excludes halogenated alkanes) is 1. The Balaban J connectivity index is 1.23. The van der Waals surface area contributed by atoms with E-state index in [1.165, 1.54) is 20.5 Å². The number of primary amides is 1. The van der Waals surface area contributed by atoms with E-state index in [1.54, 1.807) is 78.7 Å². The molecule has 3 heterocycles. The molecule has 0 aliphatic carbocycles. The van der Waals surface area contributed by atoms with Crippen molar-refractivity contribution in [2.24, 2.45) is 35.3 Å². The lowest BCUT2D eigenvalue weighted by Crippen LogP contribution is -2.59. The number of rotatable bonds is 39. The van der Waals surface area contributed by atoms with Crippen LogP contribution in [0.15, 0.2) is 78.2 Å². The van der Waals surface area contributed by atoms with Gasteiger partial charge in [-0.1, -0.05) is 111 Å². The maximum absolute atomic E-state index is 14.6. The van der Waals surface area contributed by atoms with Gasteiger partial charge in [0, 0.05) is 78.4 Å². The van der Waals surface area contributed by atoms with Gasteiger partial charge >= 0.3 is 6.03 Å². The van der Waals surface area contributed by atoms with Crippen LogP contribution in [0.4, 0.5) is 10.5 Å². The molecular formula is C70H108N14O13S. The third-order valence-corrected chi connectivity index (χ3v) is 19.4. The minimum atomic E-state index is -3.61. The predicted molar refractivity (Wildman–Crippen MR) is 374 cm³/mol. The van der Waals surface area contributed by atoms with Crippen LogP contribution in [0, 0.1) is 29.6 Å². The molecule has 542 valence electrons. The van der Waals surface area contributed by atoms with Crippen LogP contribution in [0.1, 0.15) is 131 Å². The Morgan fingerprint density at radius 3 is 1.97 bits per heavy atom. The highest BCUT2D eigenvalue weighted by Gasteiger charge is 2.44. The number of sulfone groups is 1. The van der Waals surface area contributed by atoms with Crippen molar-refractivity contribution < 1.29 is 61.0 Å². The molecule has 4 aromatic rings. The number of fused-ring (bicyclic) bond motifs is 1. The van der Waals surface area contributed by atoms with Crippen molar-refractivity contribution in [3.63, 3.8) is 0 Å². The molecule has 0 saturated carbocycles. The summed E-state index contributed by atoms with van der Waals surface area (Å²) in [6.45, 7) is 18.0. The number of hydrogen-bond donors (Lipinski definition) is 8. The topological polar surface area (TPSA) is 357 Å². The van der Waals surface area contributed by atoms with Crippen LogP contribution in [0.2, 0.25) is 0 Å². The SMILES string of the molecule is CC[C@H](C)[C@@H]([C@@H](CC(=O)N1CCC[C@H]1[C@H](OC)[C@@H](C)C(=O)N[C@@H](Cc1ccccc1)C(=O)NCc1ccc(NC(=O)[C@H](CCCCNC(N)=O)NC(=O)[C@@H](NC(=O)CCCn2ccc3c(S(C)(=O)=O)ncnc32)C(C)C)cc1)OC)N(C)C(=O)[C@@H](NC(=O)[C@H](C(C)C)N(C)C)C(C)C. The largest absolute Gasteiger partial charge is 0.379 e. The molecule has 2 aromatic heterocycles. The van der Waals surface area contributed by atoms with E-state index in [4.69, 9.17) is 15.2 Å². The van der Waals surface area contributed by atoms with Crippen molar-refractivity contribution in [3.05, 3.63) is 84.3 Å². The number of nitrogens with one attached hydrogen (secondary N) is 7. The van der Waals surface area contributed by atoms with E-state index in [2.05, 4.69) is 47.2 Å². The lowest BCUT2D eigenvalue weighted by molar-refractivity contribution is -0.148. The second-order valence-corrected chi connectivity index (χ2v) is 29.0. The van der Waals surface area contributed by atoms with Crippen molar-refractivity contribution in [1.82, 2.24) is 61.1 Å². The lowest BCUT2D eigenvalue weighted by Gasteiger charge is -2.41. The first kappa shape index (κ1) is 80.6. The van der Waals surface area contributed by atoms with Crippen LogP contribution < -0.4 is 43.0 Å². The molecule has 0 spiro atoms. The third kappa shape index (κ3) is 23.0. The minimum absolute atomic E-state index is 0.00737. The van der Waals surface area contributed by atoms with E-state index in [1.807, 2.05) is 90.9 Å². The van der Waals surface area contributed by atoms with Gasteiger partial charge in [-0.2, -0.15) is 0 Å². The van der Waals surface area contributed by atoms with E-state index < -0.39 is 106 Å². The number of nitrogens with zero attached hydrogens (tertiary/aromatic N) is 6. The number of aryl methyl sites for hydroxylation is 1. The first-order valence-electron chi connectivity index (χ1n) is 34.1. The first-order valence-corrected chi connectivity index (χ1v) is 36.0. The number of amides is 10. The Hall–Kier alpha value is -8.08. The Kier molecular flexibility index (Phi) is 31.5. The average Bonchev–Trinajstić information content (AvgIpc) is 1.60. The van der Waals surface area contributed by atoms with Crippen LogP contribution in [0.25, 0.3) is 11.0 Å².